The van der Waals surface area contributed by atoms with Gasteiger partial charge in [0, 0.05) is 6.42 Å². The summed E-state index contributed by atoms with van der Waals surface area (Å²) in [6.45, 7) is 1.39. The first kappa shape index (κ1) is 8.07. The second-order valence-corrected chi connectivity index (χ2v) is 1.50. The zero-order valence-electron chi connectivity index (χ0n) is 4.89. The van der Waals surface area contributed by atoms with Gasteiger partial charge < -0.3 is 9.90 Å². The van der Waals surface area contributed by atoms with Crippen LogP contribution in [0.25, 0.3) is 0 Å². The minimum Gasteiger partial charge on any atom is -0.546 e. The average Bonchev–Trinajstić information content (AvgIpc) is 1.84. The minimum absolute atomic E-state index is 0.116. The van der Waals surface area contributed by atoms with Gasteiger partial charge in [-0.1, -0.05) is 6.92 Å². The van der Waals surface area contributed by atoms with Crippen molar-refractivity contribution in [3.63, 3.8) is 0 Å². The number of hydrogen-bond acceptors (Lipinski definition) is 3. The summed E-state index contributed by atoms with van der Waals surface area (Å²) in [5.74, 6) is -2.91. The monoisotopic (exact) mass is 133 g/mol. The second-order valence-electron chi connectivity index (χ2n) is 1.50. The SMILES string of the molecule is CCC(=O)C(F)C(=O)[O-]. The molecule has 52 valence electrons. The number of alkyl halides is 1. The lowest BCUT2D eigenvalue weighted by Gasteiger charge is -2.04. The fraction of sp³-hybridized carbons (Fsp3) is 0.600. The van der Waals surface area contributed by atoms with Crippen molar-refractivity contribution in [2.45, 2.75) is 19.5 Å². The van der Waals surface area contributed by atoms with Crippen LogP contribution in [0.5, 0.6) is 0 Å². The quantitative estimate of drug-likeness (QED) is 0.466. The number of carboxylic acids is 1. The number of aliphatic carboxylic acids is 1. The Morgan fingerprint density at radius 2 is 2.11 bits per heavy atom. The van der Waals surface area contributed by atoms with E-state index in [0.717, 1.165) is 0 Å². The van der Waals surface area contributed by atoms with Crippen molar-refractivity contribution < 1.29 is 19.1 Å². The van der Waals surface area contributed by atoms with E-state index in [1.165, 1.54) is 6.92 Å². The maximum atomic E-state index is 11.9. The number of rotatable bonds is 3. The third kappa shape index (κ3) is 2.21. The van der Waals surface area contributed by atoms with Crippen molar-refractivity contribution in [1.29, 1.82) is 0 Å². The van der Waals surface area contributed by atoms with Gasteiger partial charge in [-0.05, 0) is 0 Å². The normalized spacial score (nSPS) is 12.7. The molecule has 0 aromatic heterocycles. The summed E-state index contributed by atoms with van der Waals surface area (Å²) in [5.41, 5.74) is 0. The van der Waals surface area contributed by atoms with Gasteiger partial charge in [0.2, 0.25) is 0 Å². The smallest absolute Gasteiger partial charge is 0.197 e. The molecule has 0 spiro atoms. The number of carbonyl (C=O) groups is 2. The van der Waals surface area contributed by atoms with Gasteiger partial charge >= 0.3 is 0 Å². The van der Waals surface area contributed by atoms with Crippen LogP contribution < -0.4 is 5.11 Å². The van der Waals surface area contributed by atoms with Gasteiger partial charge in [-0.25, -0.2) is 4.39 Å². The Labute approximate surface area is 51.5 Å². The molecular formula is C5H6FO3-. The molecule has 3 nitrogen and oxygen atoms in total. The summed E-state index contributed by atoms with van der Waals surface area (Å²) in [6.07, 6.45) is -2.57. The van der Waals surface area contributed by atoms with Crippen molar-refractivity contribution in [3.05, 3.63) is 0 Å². The summed E-state index contributed by atoms with van der Waals surface area (Å²) in [4.78, 5) is 19.8. The molecular weight excluding hydrogens is 127 g/mol. The Hall–Kier alpha value is -0.930. The summed E-state index contributed by atoms with van der Waals surface area (Å²) < 4.78 is 11.9. The van der Waals surface area contributed by atoms with E-state index in [1.54, 1.807) is 0 Å². The number of carboxylic acid groups (broad SMARTS) is 1. The zero-order valence-corrected chi connectivity index (χ0v) is 4.89. The molecule has 0 bridgehead atoms. The zero-order chi connectivity index (χ0) is 7.44. The topological polar surface area (TPSA) is 57.2 Å². The van der Waals surface area contributed by atoms with E-state index in [9.17, 15) is 19.1 Å². The van der Waals surface area contributed by atoms with Crippen LogP contribution in [0.15, 0.2) is 0 Å². The molecule has 0 fully saturated rings. The van der Waals surface area contributed by atoms with Crippen LogP contribution in [0.1, 0.15) is 13.3 Å². The number of Topliss-reactive ketones (excluding diaryl/α,β-unsaturated/α-hetero) is 1. The van der Waals surface area contributed by atoms with Crippen molar-refractivity contribution in [1.82, 2.24) is 0 Å². The molecule has 4 heteroatoms. The van der Waals surface area contributed by atoms with Crippen molar-refractivity contribution in [2.75, 3.05) is 0 Å². The van der Waals surface area contributed by atoms with E-state index < -0.39 is 17.9 Å². The Kier molecular flexibility index (Phi) is 2.84. The molecule has 0 aliphatic rings. The summed E-state index contributed by atoms with van der Waals surface area (Å²) in [7, 11) is 0. The lowest BCUT2D eigenvalue weighted by atomic mass is 10.2. The fourth-order valence-electron chi connectivity index (χ4n) is 0.311. The maximum Gasteiger partial charge on any atom is 0.197 e. The van der Waals surface area contributed by atoms with Gasteiger partial charge in [-0.2, -0.15) is 0 Å². The average molecular weight is 133 g/mol. The molecule has 0 aromatic rings. The first-order valence-electron chi connectivity index (χ1n) is 2.47. The second kappa shape index (κ2) is 3.17. The molecule has 0 saturated heterocycles. The fourth-order valence-corrected chi connectivity index (χ4v) is 0.311. The first-order valence-corrected chi connectivity index (χ1v) is 2.47. The summed E-state index contributed by atoms with van der Waals surface area (Å²) in [6, 6.07) is 0. The van der Waals surface area contributed by atoms with E-state index in [2.05, 4.69) is 0 Å². The van der Waals surface area contributed by atoms with Gasteiger partial charge in [-0.15, -0.1) is 0 Å². The van der Waals surface area contributed by atoms with Gasteiger partial charge in [0.15, 0.2) is 12.0 Å². The van der Waals surface area contributed by atoms with Crippen molar-refractivity contribution >= 4 is 11.8 Å². The van der Waals surface area contributed by atoms with Gasteiger partial charge in [0.25, 0.3) is 0 Å². The van der Waals surface area contributed by atoms with E-state index in [-0.39, 0.29) is 6.42 Å². The minimum atomic E-state index is -2.45. The van der Waals surface area contributed by atoms with Gasteiger partial charge in [0.1, 0.15) is 0 Å². The standard InChI is InChI=1S/C5H7FO3/c1-2-3(7)4(6)5(8)9/h4H,2H2,1H3,(H,8,9)/p-1. The molecule has 0 amide bonds. The first-order chi connectivity index (χ1) is 4.09. The van der Waals surface area contributed by atoms with Crippen LogP contribution in [0, 0.1) is 0 Å². The predicted octanol–water partition coefficient (Wildman–Crippen LogP) is -0.947. The lowest BCUT2D eigenvalue weighted by Crippen LogP contribution is -2.37. The maximum absolute atomic E-state index is 11.9. The number of hydrogen-bond donors (Lipinski definition) is 0. The van der Waals surface area contributed by atoms with Crippen LogP contribution >= 0.6 is 0 Å². The highest BCUT2D eigenvalue weighted by Gasteiger charge is 2.14. The molecule has 0 N–H and O–H groups in total. The molecule has 0 aromatic carbocycles. The Bertz CT molecular complexity index is 132. The van der Waals surface area contributed by atoms with E-state index >= 15 is 0 Å². The summed E-state index contributed by atoms with van der Waals surface area (Å²) in [5, 5.41) is 9.59. The van der Waals surface area contributed by atoms with Crippen molar-refractivity contribution in [2.24, 2.45) is 0 Å². The van der Waals surface area contributed by atoms with E-state index in [0.29, 0.717) is 0 Å². The molecule has 9 heavy (non-hydrogen) atoms. The van der Waals surface area contributed by atoms with E-state index in [4.69, 9.17) is 0 Å². The highest BCUT2D eigenvalue weighted by molar-refractivity contribution is 5.99. The van der Waals surface area contributed by atoms with E-state index in [1.807, 2.05) is 0 Å². The molecule has 0 heterocycles. The number of carbonyl (C=O) groups excluding carboxylic acids is 2. The van der Waals surface area contributed by atoms with Crippen LogP contribution in [0.4, 0.5) is 4.39 Å². The largest absolute Gasteiger partial charge is 0.546 e. The molecule has 0 radical (unpaired) electrons. The Morgan fingerprint density at radius 1 is 1.67 bits per heavy atom. The highest BCUT2D eigenvalue weighted by atomic mass is 19.1. The molecule has 0 aliphatic heterocycles. The third-order valence-electron chi connectivity index (χ3n) is 0.838. The molecule has 0 saturated carbocycles. The van der Waals surface area contributed by atoms with Crippen LogP contribution in [0.2, 0.25) is 0 Å². The van der Waals surface area contributed by atoms with Crippen LogP contribution in [-0.4, -0.2) is 17.9 Å². The van der Waals surface area contributed by atoms with Crippen LogP contribution in [0.3, 0.4) is 0 Å². The predicted molar refractivity (Wildman–Crippen MR) is 25.2 cm³/mol. The molecule has 1 unspecified atom stereocenters. The number of halogens is 1. The van der Waals surface area contributed by atoms with Gasteiger partial charge in [0.05, 0.1) is 5.97 Å². The third-order valence-corrected chi connectivity index (χ3v) is 0.838. The Balaban J connectivity index is 3.88. The van der Waals surface area contributed by atoms with Gasteiger partial charge in [-0.3, -0.25) is 4.79 Å². The lowest BCUT2D eigenvalue weighted by molar-refractivity contribution is -0.310. The molecule has 1 atom stereocenters. The number of ketones is 1. The van der Waals surface area contributed by atoms with Crippen molar-refractivity contribution in [3.8, 4) is 0 Å². The molecule has 0 aliphatic carbocycles. The highest BCUT2D eigenvalue weighted by Crippen LogP contribution is 1.93. The van der Waals surface area contributed by atoms with Crippen LogP contribution in [-0.2, 0) is 9.59 Å². The Morgan fingerprint density at radius 3 is 2.22 bits per heavy atom. The summed E-state index contributed by atoms with van der Waals surface area (Å²) >= 11 is 0. The molecule has 0 rings (SSSR count).